The Balaban J connectivity index is 1.48. The Morgan fingerprint density at radius 3 is 2.00 bits per heavy atom. The highest BCUT2D eigenvalue weighted by atomic mass is 16.5. The topological polar surface area (TPSA) is 79.5 Å². The van der Waals surface area contributed by atoms with Gasteiger partial charge in [0.15, 0.2) is 0 Å². The van der Waals surface area contributed by atoms with Crippen molar-refractivity contribution in [3.05, 3.63) is 102 Å². The summed E-state index contributed by atoms with van der Waals surface area (Å²) in [5, 5.41) is 8.94. The van der Waals surface area contributed by atoms with Gasteiger partial charge in [-0.1, -0.05) is 78.9 Å². The third-order valence-corrected chi connectivity index (χ3v) is 4.86. The third-order valence-electron chi connectivity index (χ3n) is 4.86. The maximum Gasteiger partial charge on any atom is 0.408 e. The first-order valence-corrected chi connectivity index (χ1v) is 10.8. The molecule has 0 aliphatic heterocycles. The molecule has 3 aromatic rings. The zero-order chi connectivity index (χ0) is 22.4. The van der Waals surface area contributed by atoms with Crippen LogP contribution in [0, 0.1) is 0 Å². The van der Waals surface area contributed by atoms with Gasteiger partial charge in [0.05, 0.1) is 0 Å². The quantitative estimate of drug-likeness (QED) is 0.399. The molecule has 6 heteroatoms. The molecule has 1 unspecified atom stereocenters. The van der Waals surface area contributed by atoms with Crippen LogP contribution in [-0.4, -0.2) is 31.1 Å². The van der Waals surface area contributed by atoms with Gasteiger partial charge in [-0.2, -0.15) is 0 Å². The van der Waals surface area contributed by atoms with Crippen LogP contribution in [0.1, 0.15) is 17.5 Å². The van der Waals surface area contributed by atoms with Crippen molar-refractivity contribution in [3.63, 3.8) is 0 Å². The molecular weight excluding hydrogens is 402 g/mol. The molecule has 0 radical (unpaired) electrons. The average Bonchev–Trinajstić information content (AvgIpc) is 2.84. The highest BCUT2D eigenvalue weighted by Crippen LogP contribution is 2.06. The fourth-order valence-electron chi connectivity index (χ4n) is 3.18. The van der Waals surface area contributed by atoms with Gasteiger partial charge in [-0.3, -0.25) is 4.79 Å². The lowest BCUT2D eigenvalue weighted by atomic mass is 10.1. The molecule has 3 N–H and O–H groups in total. The number of anilines is 1. The molecule has 32 heavy (non-hydrogen) atoms. The number of alkyl carbamates (subject to hydrolysis) is 1. The van der Waals surface area contributed by atoms with Gasteiger partial charge in [-0.15, -0.1) is 0 Å². The molecule has 0 saturated heterocycles. The van der Waals surface area contributed by atoms with Gasteiger partial charge >= 0.3 is 6.09 Å². The molecule has 0 aliphatic rings. The molecule has 3 aromatic carbocycles. The zero-order valence-electron chi connectivity index (χ0n) is 18.0. The second-order valence-corrected chi connectivity index (χ2v) is 7.39. The molecule has 1 atom stereocenters. The Morgan fingerprint density at radius 1 is 0.750 bits per heavy atom. The number of hydrogen-bond acceptors (Lipinski definition) is 4. The fourth-order valence-corrected chi connectivity index (χ4v) is 3.18. The van der Waals surface area contributed by atoms with Gasteiger partial charge in [0.2, 0.25) is 5.91 Å². The third kappa shape index (κ3) is 8.14. The molecule has 0 spiro atoms. The second-order valence-electron chi connectivity index (χ2n) is 7.39. The van der Waals surface area contributed by atoms with E-state index >= 15 is 0 Å². The number of carbonyl (C=O) groups excluding carboxylic acids is 2. The second kappa shape index (κ2) is 12.8. The molecule has 2 amide bonds. The number of carbonyl (C=O) groups is 2. The van der Waals surface area contributed by atoms with E-state index in [9.17, 15) is 9.59 Å². The normalized spacial score (nSPS) is 11.2. The minimum atomic E-state index is -0.720. The van der Waals surface area contributed by atoms with Crippen molar-refractivity contribution in [1.29, 1.82) is 0 Å². The Labute approximate surface area is 189 Å². The Morgan fingerprint density at radius 2 is 1.34 bits per heavy atom. The summed E-state index contributed by atoms with van der Waals surface area (Å²) in [5.74, 6) is -0.231. The van der Waals surface area contributed by atoms with E-state index in [1.165, 1.54) is 0 Å². The molecular formula is C26H29N3O3. The molecule has 166 valence electrons. The van der Waals surface area contributed by atoms with Gasteiger partial charge in [-0.05, 0) is 29.7 Å². The number of benzene rings is 3. The van der Waals surface area contributed by atoms with E-state index in [0.29, 0.717) is 13.0 Å². The van der Waals surface area contributed by atoms with Gasteiger partial charge in [0.1, 0.15) is 12.6 Å². The number of hydrogen-bond donors (Lipinski definition) is 3. The summed E-state index contributed by atoms with van der Waals surface area (Å²) in [6, 6.07) is 28.2. The molecule has 3 rings (SSSR count). The van der Waals surface area contributed by atoms with Gasteiger partial charge in [-0.25, -0.2) is 4.79 Å². The predicted octanol–water partition coefficient (Wildman–Crippen LogP) is 4.14. The molecule has 0 aliphatic carbocycles. The summed E-state index contributed by atoms with van der Waals surface area (Å²) < 4.78 is 5.30. The van der Waals surface area contributed by atoms with Crippen molar-refractivity contribution in [2.75, 3.05) is 18.4 Å². The first kappa shape index (κ1) is 22.9. The van der Waals surface area contributed by atoms with Crippen LogP contribution in [0.2, 0.25) is 0 Å². The minimum Gasteiger partial charge on any atom is -0.445 e. The van der Waals surface area contributed by atoms with E-state index in [1.807, 2.05) is 91.0 Å². The standard InChI is InChI=1S/C26H29N3O3/c30-25(28-18-10-17-27-23-15-8-3-9-16-23)24(19-21-11-4-1-5-12-21)29-26(31)32-20-22-13-6-2-7-14-22/h1-9,11-16,24,27H,10,17-20H2,(H,28,30)(H,29,31). The molecule has 0 heterocycles. The molecule has 0 bridgehead atoms. The van der Waals surface area contributed by atoms with E-state index < -0.39 is 12.1 Å². The fraction of sp³-hybridized carbons (Fsp3) is 0.231. The first-order chi connectivity index (χ1) is 15.7. The van der Waals surface area contributed by atoms with Crippen LogP contribution in [0.3, 0.4) is 0 Å². The van der Waals surface area contributed by atoms with Crippen LogP contribution in [0.25, 0.3) is 0 Å². The van der Waals surface area contributed by atoms with E-state index in [-0.39, 0.29) is 12.5 Å². The number of ether oxygens (including phenoxy) is 1. The predicted molar refractivity (Wildman–Crippen MR) is 126 cm³/mol. The Hall–Kier alpha value is -3.80. The lowest BCUT2D eigenvalue weighted by molar-refractivity contribution is -0.123. The molecule has 6 nitrogen and oxygen atoms in total. The number of rotatable bonds is 11. The SMILES string of the molecule is O=C(NC(Cc1ccccc1)C(=O)NCCCNc1ccccc1)OCc1ccccc1. The van der Waals surface area contributed by atoms with Crippen LogP contribution < -0.4 is 16.0 Å². The van der Waals surface area contributed by atoms with Crippen molar-refractivity contribution in [2.45, 2.75) is 25.5 Å². The van der Waals surface area contributed by atoms with Crippen molar-refractivity contribution in [3.8, 4) is 0 Å². The van der Waals surface area contributed by atoms with E-state index in [2.05, 4.69) is 16.0 Å². The first-order valence-electron chi connectivity index (χ1n) is 10.8. The lowest BCUT2D eigenvalue weighted by Crippen LogP contribution is -2.48. The van der Waals surface area contributed by atoms with E-state index in [4.69, 9.17) is 4.74 Å². The lowest BCUT2D eigenvalue weighted by Gasteiger charge is -2.19. The maximum absolute atomic E-state index is 12.8. The molecule has 0 aromatic heterocycles. The molecule has 0 saturated carbocycles. The largest absolute Gasteiger partial charge is 0.445 e. The van der Waals surface area contributed by atoms with E-state index in [0.717, 1.165) is 29.8 Å². The molecule has 0 fully saturated rings. The Bertz CT molecular complexity index is 950. The van der Waals surface area contributed by atoms with Crippen LogP contribution in [-0.2, 0) is 22.6 Å². The number of para-hydroxylation sites is 1. The summed E-state index contributed by atoms with van der Waals surface area (Å²) in [6.07, 6.45) is 0.530. The van der Waals surface area contributed by atoms with Gasteiger partial charge < -0.3 is 20.7 Å². The highest BCUT2D eigenvalue weighted by Gasteiger charge is 2.21. The summed E-state index contributed by atoms with van der Waals surface area (Å²) in [7, 11) is 0. The zero-order valence-corrected chi connectivity index (χ0v) is 18.0. The summed E-state index contributed by atoms with van der Waals surface area (Å²) in [5.41, 5.74) is 2.89. The maximum atomic E-state index is 12.8. The monoisotopic (exact) mass is 431 g/mol. The van der Waals surface area contributed by atoms with Gasteiger partial charge in [0, 0.05) is 25.2 Å². The van der Waals surface area contributed by atoms with Crippen LogP contribution in [0.4, 0.5) is 10.5 Å². The van der Waals surface area contributed by atoms with Gasteiger partial charge in [0.25, 0.3) is 0 Å². The van der Waals surface area contributed by atoms with Crippen molar-refractivity contribution in [1.82, 2.24) is 10.6 Å². The summed E-state index contributed by atoms with van der Waals surface area (Å²) >= 11 is 0. The van der Waals surface area contributed by atoms with E-state index in [1.54, 1.807) is 0 Å². The van der Waals surface area contributed by atoms with Crippen LogP contribution in [0.15, 0.2) is 91.0 Å². The Kier molecular flexibility index (Phi) is 9.15. The number of amides is 2. The van der Waals surface area contributed by atoms with Crippen LogP contribution in [0.5, 0.6) is 0 Å². The van der Waals surface area contributed by atoms with Crippen molar-refractivity contribution in [2.24, 2.45) is 0 Å². The summed E-state index contributed by atoms with van der Waals surface area (Å²) in [4.78, 5) is 25.1. The highest BCUT2D eigenvalue weighted by molar-refractivity contribution is 5.85. The smallest absolute Gasteiger partial charge is 0.408 e. The average molecular weight is 432 g/mol. The van der Waals surface area contributed by atoms with Crippen molar-refractivity contribution >= 4 is 17.7 Å². The summed E-state index contributed by atoms with van der Waals surface area (Å²) in [6.45, 7) is 1.39. The minimum absolute atomic E-state index is 0.150. The van der Waals surface area contributed by atoms with Crippen molar-refractivity contribution < 1.29 is 14.3 Å². The van der Waals surface area contributed by atoms with Crippen LogP contribution >= 0.6 is 0 Å². The number of nitrogens with one attached hydrogen (secondary N) is 3.